The van der Waals surface area contributed by atoms with Gasteiger partial charge in [-0.25, -0.2) is 9.78 Å². The Balaban J connectivity index is 1.50. The van der Waals surface area contributed by atoms with Crippen LogP contribution in [-0.2, 0) is 4.74 Å². The van der Waals surface area contributed by atoms with Gasteiger partial charge in [0.2, 0.25) is 0 Å². The number of pyridine rings is 1. The molecular formula is C22H22Cl2N4O3. The molecule has 1 amide bonds. The lowest BCUT2D eigenvalue weighted by molar-refractivity contribution is 0.0594. The number of halogens is 2. The zero-order chi connectivity index (χ0) is 22.1. The first-order chi connectivity index (χ1) is 14.9. The maximum absolute atomic E-state index is 12.6. The Kier molecular flexibility index (Phi) is 6.07. The predicted octanol–water partition coefficient (Wildman–Crippen LogP) is 4.36. The number of aryl methyl sites for hydroxylation is 1. The van der Waals surface area contributed by atoms with Crippen LogP contribution in [0.15, 0.2) is 30.3 Å². The van der Waals surface area contributed by atoms with Crippen molar-refractivity contribution in [2.24, 2.45) is 0 Å². The first kappa shape index (κ1) is 21.5. The van der Waals surface area contributed by atoms with Crippen molar-refractivity contribution in [1.82, 2.24) is 15.3 Å². The Bertz CT molecular complexity index is 1150. The third-order valence-corrected chi connectivity index (χ3v) is 6.47. The number of carbonyl (C=O) groups excluding carboxylic acids is 2. The number of anilines is 1. The van der Waals surface area contributed by atoms with Crippen LogP contribution >= 0.6 is 23.2 Å². The highest BCUT2D eigenvalue weighted by molar-refractivity contribution is 6.44. The molecule has 1 fully saturated rings. The van der Waals surface area contributed by atoms with Crippen molar-refractivity contribution in [1.29, 1.82) is 0 Å². The van der Waals surface area contributed by atoms with Crippen LogP contribution in [0.1, 0.15) is 39.5 Å². The summed E-state index contributed by atoms with van der Waals surface area (Å²) in [5.74, 6) is 0.0127. The molecule has 1 saturated heterocycles. The van der Waals surface area contributed by atoms with E-state index in [9.17, 15) is 9.59 Å². The number of rotatable bonds is 4. The van der Waals surface area contributed by atoms with Crippen molar-refractivity contribution < 1.29 is 14.3 Å². The third-order valence-electron chi connectivity index (χ3n) is 5.53. The first-order valence-electron chi connectivity index (χ1n) is 9.96. The molecule has 2 N–H and O–H groups in total. The van der Waals surface area contributed by atoms with Gasteiger partial charge in [-0.05, 0) is 31.2 Å². The van der Waals surface area contributed by atoms with Gasteiger partial charge in [-0.2, -0.15) is 0 Å². The summed E-state index contributed by atoms with van der Waals surface area (Å²) in [7, 11) is 1.35. The van der Waals surface area contributed by atoms with Gasteiger partial charge in [0.05, 0.1) is 17.2 Å². The summed E-state index contributed by atoms with van der Waals surface area (Å²) < 4.78 is 4.86. The lowest BCUT2D eigenvalue weighted by Crippen LogP contribution is -2.45. The Hall–Kier alpha value is -2.77. The van der Waals surface area contributed by atoms with E-state index < -0.39 is 5.97 Å². The van der Waals surface area contributed by atoms with E-state index in [-0.39, 0.29) is 28.4 Å². The van der Waals surface area contributed by atoms with Gasteiger partial charge in [0.25, 0.3) is 5.91 Å². The highest BCUT2D eigenvalue weighted by Gasteiger charge is 2.26. The van der Waals surface area contributed by atoms with E-state index >= 15 is 0 Å². The van der Waals surface area contributed by atoms with Gasteiger partial charge in [0.15, 0.2) is 5.69 Å². The Morgan fingerprint density at radius 3 is 2.55 bits per heavy atom. The van der Waals surface area contributed by atoms with E-state index in [1.165, 1.54) is 7.11 Å². The number of esters is 1. The molecule has 1 aliphatic heterocycles. The first-order valence-corrected chi connectivity index (χ1v) is 10.7. The minimum Gasteiger partial charge on any atom is -0.464 e. The normalized spacial score (nSPS) is 14.6. The molecule has 0 atom stereocenters. The van der Waals surface area contributed by atoms with Crippen LogP contribution in [0.4, 0.5) is 5.82 Å². The molecule has 0 saturated carbocycles. The fourth-order valence-corrected chi connectivity index (χ4v) is 4.27. The number of hydrogen-bond acceptors (Lipinski definition) is 5. The number of hydrogen-bond donors (Lipinski definition) is 2. The van der Waals surface area contributed by atoms with Crippen molar-refractivity contribution in [3.63, 3.8) is 0 Å². The zero-order valence-electron chi connectivity index (χ0n) is 17.2. The average Bonchev–Trinajstić information content (AvgIpc) is 3.05. The molecule has 0 unspecified atom stereocenters. The number of fused-ring (bicyclic) bond motifs is 1. The van der Waals surface area contributed by atoms with Crippen molar-refractivity contribution >= 4 is 51.7 Å². The summed E-state index contributed by atoms with van der Waals surface area (Å²) in [4.78, 5) is 34.4. The predicted molar refractivity (Wildman–Crippen MR) is 121 cm³/mol. The number of methoxy groups -OCH3 is 1. The van der Waals surface area contributed by atoms with Crippen LogP contribution in [-0.4, -0.2) is 48.1 Å². The summed E-state index contributed by atoms with van der Waals surface area (Å²) >= 11 is 12.2. The molecule has 31 heavy (non-hydrogen) atoms. The van der Waals surface area contributed by atoms with Gasteiger partial charge < -0.3 is 19.9 Å². The number of H-pyrrole nitrogens is 1. The molecule has 7 nitrogen and oxygen atoms in total. The molecule has 0 bridgehead atoms. The molecule has 0 spiro atoms. The van der Waals surface area contributed by atoms with Gasteiger partial charge in [-0.15, -0.1) is 0 Å². The Morgan fingerprint density at radius 1 is 1.19 bits per heavy atom. The number of piperidine rings is 1. The number of benzene rings is 1. The fourth-order valence-electron chi connectivity index (χ4n) is 3.85. The Labute approximate surface area is 189 Å². The smallest absolute Gasteiger partial charge is 0.356 e. The molecule has 4 rings (SSSR count). The quantitative estimate of drug-likeness (QED) is 0.564. The van der Waals surface area contributed by atoms with Gasteiger partial charge >= 0.3 is 5.97 Å². The van der Waals surface area contributed by atoms with Crippen molar-refractivity contribution in [3.05, 3.63) is 57.5 Å². The van der Waals surface area contributed by atoms with Gasteiger partial charge in [-0.3, -0.25) is 4.79 Å². The van der Waals surface area contributed by atoms with Crippen molar-refractivity contribution in [3.8, 4) is 0 Å². The summed E-state index contributed by atoms with van der Waals surface area (Å²) in [6.07, 6.45) is 1.46. The van der Waals surface area contributed by atoms with Crippen LogP contribution in [0.25, 0.3) is 10.8 Å². The molecule has 1 aliphatic rings. The number of nitrogens with zero attached hydrogens (tertiary/aromatic N) is 2. The second kappa shape index (κ2) is 8.77. The largest absolute Gasteiger partial charge is 0.464 e. The summed E-state index contributed by atoms with van der Waals surface area (Å²) in [5, 5.41) is 5.54. The van der Waals surface area contributed by atoms with Crippen LogP contribution in [0.5, 0.6) is 0 Å². The SMILES string of the molecule is COC(=O)c1cc2ccccc2c(N2CCC(NC(=O)c3[nH]c(C)c(Cl)c3Cl)CC2)n1. The monoisotopic (exact) mass is 460 g/mol. The number of amides is 1. The van der Waals surface area contributed by atoms with Gasteiger partial charge in [0.1, 0.15) is 11.5 Å². The molecule has 9 heteroatoms. The molecule has 1 aromatic carbocycles. The van der Waals surface area contributed by atoms with E-state index in [1.807, 2.05) is 24.3 Å². The van der Waals surface area contributed by atoms with E-state index in [0.29, 0.717) is 23.8 Å². The van der Waals surface area contributed by atoms with E-state index in [0.717, 1.165) is 29.4 Å². The van der Waals surface area contributed by atoms with Crippen molar-refractivity contribution in [2.75, 3.05) is 25.1 Å². The standard InChI is InChI=1S/C22H22Cl2N4O3/c1-12-17(23)18(24)19(25-12)21(29)26-14-7-9-28(10-8-14)20-15-6-4-3-5-13(15)11-16(27-20)22(30)31-2/h3-6,11,14,25H,7-10H2,1-2H3,(H,26,29). The number of ether oxygens (including phenoxy) is 1. The van der Waals surface area contributed by atoms with E-state index in [2.05, 4.69) is 20.2 Å². The lowest BCUT2D eigenvalue weighted by atomic mass is 10.0. The zero-order valence-corrected chi connectivity index (χ0v) is 18.7. The molecule has 2 aromatic heterocycles. The van der Waals surface area contributed by atoms with E-state index in [1.54, 1.807) is 13.0 Å². The number of aromatic amines is 1. The maximum atomic E-state index is 12.6. The second-order valence-corrected chi connectivity index (χ2v) is 8.29. The van der Waals surface area contributed by atoms with E-state index in [4.69, 9.17) is 27.9 Å². The molecule has 162 valence electrons. The lowest BCUT2D eigenvalue weighted by Gasteiger charge is -2.34. The van der Waals surface area contributed by atoms with Crippen molar-refractivity contribution in [2.45, 2.75) is 25.8 Å². The second-order valence-electron chi connectivity index (χ2n) is 7.53. The average molecular weight is 461 g/mol. The third kappa shape index (κ3) is 4.20. The topological polar surface area (TPSA) is 87.3 Å². The highest BCUT2D eigenvalue weighted by Crippen LogP contribution is 2.30. The number of aromatic nitrogens is 2. The molecular weight excluding hydrogens is 439 g/mol. The molecule has 3 heterocycles. The minimum atomic E-state index is -0.467. The molecule has 3 aromatic rings. The van der Waals surface area contributed by atoms with Gasteiger partial charge in [0, 0.05) is 30.2 Å². The van der Waals surface area contributed by atoms with Crippen LogP contribution in [0, 0.1) is 6.92 Å². The minimum absolute atomic E-state index is 0.00254. The summed E-state index contributed by atoms with van der Waals surface area (Å²) in [5.41, 5.74) is 1.22. The maximum Gasteiger partial charge on any atom is 0.356 e. The number of carbonyl (C=O) groups is 2. The summed E-state index contributed by atoms with van der Waals surface area (Å²) in [6, 6.07) is 9.56. The van der Waals surface area contributed by atoms with Gasteiger partial charge in [-0.1, -0.05) is 47.5 Å². The summed E-state index contributed by atoms with van der Waals surface area (Å²) in [6.45, 7) is 3.14. The Morgan fingerprint density at radius 2 is 1.90 bits per heavy atom. The van der Waals surface area contributed by atoms with Crippen LogP contribution in [0.3, 0.4) is 0 Å². The molecule has 0 aliphatic carbocycles. The van der Waals surface area contributed by atoms with Crippen LogP contribution in [0.2, 0.25) is 10.0 Å². The number of nitrogens with one attached hydrogen (secondary N) is 2. The highest BCUT2D eigenvalue weighted by atomic mass is 35.5. The fraction of sp³-hybridized carbons (Fsp3) is 0.318. The molecule has 0 radical (unpaired) electrons. The van der Waals surface area contributed by atoms with Crippen LogP contribution < -0.4 is 10.2 Å².